The van der Waals surface area contributed by atoms with Gasteiger partial charge in [-0.25, -0.2) is 0 Å². The van der Waals surface area contributed by atoms with E-state index in [-0.39, 0.29) is 10.9 Å². The van der Waals surface area contributed by atoms with Gasteiger partial charge in [0, 0.05) is 45.4 Å². The predicted octanol–water partition coefficient (Wildman–Crippen LogP) is 10.5. The minimum Gasteiger partial charge on any atom is -0.345 e. The first-order valence-electron chi connectivity index (χ1n) is 15.8. The Hall–Kier alpha value is -4.15. The van der Waals surface area contributed by atoms with E-state index in [1.807, 2.05) is 11.8 Å². The highest BCUT2D eigenvalue weighted by molar-refractivity contribution is 8.00. The summed E-state index contributed by atoms with van der Waals surface area (Å²) in [5, 5.41) is 3.87. The van der Waals surface area contributed by atoms with Crippen molar-refractivity contribution >= 4 is 57.0 Å². The van der Waals surface area contributed by atoms with Crippen molar-refractivity contribution in [3.8, 4) is 5.69 Å². The highest BCUT2D eigenvalue weighted by atomic mass is 32.2. The molecule has 0 spiro atoms. The Bertz CT molecular complexity index is 2020. The summed E-state index contributed by atoms with van der Waals surface area (Å²) in [6.07, 6.45) is 15.4. The van der Waals surface area contributed by atoms with Gasteiger partial charge in [-0.15, -0.1) is 0 Å². The normalized spacial score (nSPS) is 24.2. The van der Waals surface area contributed by atoms with E-state index >= 15 is 0 Å². The van der Waals surface area contributed by atoms with Crippen LogP contribution in [0.4, 0.5) is 11.4 Å². The smallest absolute Gasteiger partial charge is 0.155 e. The van der Waals surface area contributed by atoms with E-state index in [1.165, 1.54) is 60.5 Å². The lowest BCUT2D eigenvalue weighted by molar-refractivity contribution is 0.324. The Labute approximate surface area is 265 Å². The van der Waals surface area contributed by atoms with Gasteiger partial charge in [-0.3, -0.25) is 0 Å². The van der Waals surface area contributed by atoms with Crippen LogP contribution in [0.5, 0.6) is 0 Å². The van der Waals surface area contributed by atoms with Gasteiger partial charge in [-0.05, 0) is 61.4 Å². The molecule has 0 amide bonds. The molecule has 0 N–H and O–H groups in total. The number of allylic oxidation sites excluding steroid dienone is 2. The standard InChI is InChI=1S/C40H39N3S/c1-6-12-30-27(3)42(32-17-11-14-28-13-7-8-15-31(28)32)34-20-19-29-22-24-40(4)23-21-26(2)25-36(40)43(38(29)37(30)34)39-41(5)33-16-9-10-18-35(33)44-39/h6-24,26,36,39H,25H2,1-5H3/b12-6-. The number of nitrogens with zero attached hydrogens (tertiary/aromatic N) is 3. The maximum atomic E-state index is 2.81. The van der Waals surface area contributed by atoms with Crippen LogP contribution in [0.25, 0.3) is 39.5 Å². The van der Waals surface area contributed by atoms with Crippen molar-refractivity contribution in [2.45, 2.75) is 50.6 Å². The fourth-order valence-electron chi connectivity index (χ4n) is 7.87. The number of fused-ring (bicyclic) bond motifs is 6. The van der Waals surface area contributed by atoms with Crippen molar-refractivity contribution in [3.63, 3.8) is 0 Å². The number of hydrogen-bond donors (Lipinski definition) is 0. The van der Waals surface area contributed by atoms with E-state index in [1.54, 1.807) is 0 Å². The molecule has 220 valence electrons. The minimum atomic E-state index is -0.0813. The fourth-order valence-corrected chi connectivity index (χ4v) is 9.22. The minimum absolute atomic E-state index is 0.0813. The Balaban J connectivity index is 1.45. The highest BCUT2D eigenvalue weighted by Crippen LogP contribution is 2.54. The summed E-state index contributed by atoms with van der Waals surface area (Å²) < 4.78 is 2.50. The molecular weight excluding hydrogens is 555 g/mol. The van der Waals surface area contributed by atoms with Crippen LogP contribution >= 0.6 is 11.8 Å². The van der Waals surface area contributed by atoms with Crippen molar-refractivity contribution in [1.29, 1.82) is 0 Å². The van der Waals surface area contributed by atoms with Crippen LogP contribution in [0, 0.1) is 18.3 Å². The van der Waals surface area contributed by atoms with Gasteiger partial charge in [0.25, 0.3) is 0 Å². The lowest BCUT2D eigenvalue weighted by Crippen LogP contribution is -2.55. The first-order chi connectivity index (χ1) is 21.4. The average molecular weight is 594 g/mol. The molecule has 3 heterocycles. The molecule has 2 aliphatic heterocycles. The molecule has 3 aliphatic rings. The van der Waals surface area contributed by atoms with E-state index in [2.05, 4.69) is 164 Å². The molecule has 4 unspecified atom stereocenters. The summed E-state index contributed by atoms with van der Waals surface area (Å²) in [5.74, 6) is 0.515. The molecule has 0 saturated carbocycles. The summed E-state index contributed by atoms with van der Waals surface area (Å²) in [4.78, 5) is 6.66. The van der Waals surface area contributed by atoms with Crippen LogP contribution in [-0.4, -0.2) is 23.2 Å². The zero-order valence-corrected chi connectivity index (χ0v) is 27.0. The number of thioether (sulfide) groups is 1. The zero-order chi connectivity index (χ0) is 30.2. The first kappa shape index (κ1) is 27.4. The van der Waals surface area contributed by atoms with Crippen LogP contribution in [-0.2, 0) is 0 Å². The Morgan fingerprint density at radius 3 is 2.52 bits per heavy atom. The van der Waals surface area contributed by atoms with Crippen LogP contribution in [0.3, 0.4) is 0 Å². The number of anilines is 2. The molecule has 0 radical (unpaired) electrons. The monoisotopic (exact) mass is 593 g/mol. The average Bonchev–Trinajstić information content (AvgIpc) is 3.47. The van der Waals surface area contributed by atoms with Gasteiger partial charge < -0.3 is 14.4 Å². The predicted molar refractivity (Wildman–Crippen MR) is 191 cm³/mol. The maximum absolute atomic E-state index is 2.81. The van der Waals surface area contributed by atoms with Crippen molar-refractivity contribution in [3.05, 3.63) is 120 Å². The van der Waals surface area contributed by atoms with E-state index < -0.39 is 0 Å². The zero-order valence-electron chi connectivity index (χ0n) is 26.2. The van der Waals surface area contributed by atoms with Crippen molar-refractivity contribution in [2.24, 2.45) is 11.3 Å². The van der Waals surface area contributed by atoms with Crippen LogP contribution < -0.4 is 9.80 Å². The Morgan fingerprint density at radius 2 is 1.68 bits per heavy atom. The topological polar surface area (TPSA) is 11.4 Å². The summed E-state index contributed by atoms with van der Waals surface area (Å²) in [6, 6.07) is 29.4. The summed E-state index contributed by atoms with van der Waals surface area (Å²) in [7, 11) is 2.28. The summed E-state index contributed by atoms with van der Waals surface area (Å²) in [5.41, 5.74) is 9.07. The summed E-state index contributed by atoms with van der Waals surface area (Å²) >= 11 is 1.99. The number of para-hydroxylation sites is 1. The molecule has 0 bridgehead atoms. The number of hydrogen-bond acceptors (Lipinski definition) is 3. The number of aromatic nitrogens is 1. The van der Waals surface area contributed by atoms with Gasteiger partial charge >= 0.3 is 0 Å². The summed E-state index contributed by atoms with van der Waals surface area (Å²) in [6.45, 7) is 9.24. The largest absolute Gasteiger partial charge is 0.345 e. The molecule has 4 atom stereocenters. The highest BCUT2D eigenvalue weighted by Gasteiger charge is 2.46. The van der Waals surface area contributed by atoms with Gasteiger partial charge in [-0.2, -0.15) is 0 Å². The number of rotatable bonds is 3. The maximum Gasteiger partial charge on any atom is 0.155 e. The lowest BCUT2D eigenvalue weighted by Gasteiger charge is -2.49. The molecule has 0 fully saturated rings. The lowest BCUT2D eigenvalue weighted by atomic mass is 9.72. The van der Waals surface area contributed by atoms with E-state index in [0.717, 1.165) is 6.42 Å². The molecule has 1 aromatic heterocycles. The van der Waals surface area contributed by atoms with Crippen LogP contribution in [0.15, 0.2) is 108 Å². The second-order valence-electron chi connectivity index (χ2n) is 12.9. The van der Waals surface area contributed by atoms with Crippen molar-refractivity contribution in [2.75, 3.05) is 16.8 Å². The van der Waals surface area contributed by atoms with E-state index in [9.17, 15) is 0 Å². The van der Waals surface area contributed by atoms with Gasteiger partial charge in [0.2, 0.25) is 0 Å². The Kier molecular flexibility index (Phi) is 6.36. The van der Waals surface area contributed by atoms with Gasteiger partial charge in [-0.1, -0.05) is 117 Å². The molecule has 4 aromatic carbocycles. The third kappa shape index (κ3) is 3.97. The third-order valence-corrected chi connectivity index (χ3v) is 11.5. The molecule has 3 nitrogen and oxygen atoms in total. The molecule has 8 rings (SSSR count). The molecule has 44 heavy (non-hydrogen) atoms. The first-order valence-corrected chi connectivity index (χ1v) is 16.7. The molecule has 5 aromatic rings. The quantitative estimate of drug-likeness (QED) is 0.193. The van der Waals surface area contributed by atoms with E-state index in [4.69, 9.17) is 0 Å². The fraction of sp³-hybridized carbons (Fsp3) is 0.250. The van der Waals surface area contributed by atoms with Crippen LogP contribution in [0.1, 0.15) is 44.0 Å². The van der Waals surface area contributed by atoms with E-state index in [0.29, 0.717) is 12.0 Å². The molecule has 1 aliphatic carbocycles. The third-order valence-electron chi connectivity index (χ3n) is 10.1. The van der Waals surface area contributed by atoms with Crippen molar-refractivity contribution in [1.82, 2.24) is 4.57 Å². The molecule has 4 heteroatoms. The molecule has 0 saturated heterocycles. The van der Waals surface area contributed by atoms with Crippen molar-refractivity contribution < 1.29 is 0 Å². The second kappa shape index (κ2) is 10.2. The molecular formula is C40H39N3S. The van der Waals surface area contributed by atoms with Crippen LogP contribution in [0.2, 0.25) is 0 Å². The second-order valence-corrected chi connectivity index (χ2v) is 14.0. The van der Waals surface area contributed by atoms with Gasteiger partial charge in [0.05, 0.1) is 22.6 Å². The Morgan fingerprint density at radius 1 is 0.909 bits per heavy atom. The number of benzene rings is 4. The van der Waals surface area contributed by atoms with Gasteiger partial charge in [0.15, 0.2) is 5.50 Å². The SMILES string of the molecule is C/C=C\c1c(C)n(-c2cccc3ccccc23)c2ccc3c(c12)N(C1Sc2ccccc2N1C)C1CC(C)C=CC1(C)C=C3. The van der Waals surface area contributed by atoms with Gasteiger partial charge in [0.1, 0.15) is 0 Å².